The fourth-order valence-electron chi connectivity index (χ4n) is 5.43. The standard InChI is InChI=1S/C27H31N7/c1-17-6-7-23-19(3)24(9-8-22(17)23)25-15-33(16-27(4,5)31-25)14-21-13-30-34(32-21)26-10-18(2)20(11-28)12-29-26/h8-10,12-13,25,31H,1,6-7,14-16H2,2-5H3. The molecule has 0 spiro atoms. The largest absolute Gasteiger partial charge is 0.303 e. The van der Waals surface area contributed by atoms with Gasteiger partial charge in [-0.05, 0) is 80.0 Å². The van der Waals surface area contributed by atoms with Crippen molar-refractivity contribution in [1.82, 2.24) is 30.2 Å². The molecule has 1 atom stereocenters. The van der Waals surface area contributed by atoms with Crippen molar-refractivity contribution in [2.45, 2.75) is 58.7 Å². The van der Waals surface area contributed by atoms with Crippen LogP contribution in [0.2, 0.25) is 0 Å². The van der Waals surface area contributed by atoms with Gasteiger partial charge in [0, 0.05) is 37.4 Å². The minimum absolute atomic E-state index is 0.0280. The van der Waals surface area contributed by atoms with E-state index in [1.54, 1.807) is 11.0 Å². The Labute approximate surface area is 201 Å². The van der Waals surface area contributed by atoms with Crippen molar-refractivity contribution < 1.29 is 0 Å². The van der Waals surface area contributed by atoms with E-state index in [1.807, 2.05) is 19.2 Å². The van der Waals surface area contributed by atoms with Crippen molar-refractivity contribution >= 4 is 5.57 Å². The number of rotatable bonds is 4. The lowest BCUT2D eigenvalue weighted by atomic mass is 9.89. The van der Waals surface area contributed by atoms with Gasteiger partial charge in [-0.25, -0.2) is 4.98 Å². The summed E-state index contributed by atoms with van der Waals surface area (Å²) < 4.78 is 0. The SMILES string of the molecule is C=C1CCc2c1ccc(C1CN(Cc3cnn(-c4cc(C)c(C#N)cn4)n3)CC(C)(C)N1)c2C. The van der Waals surface area contributed by atoms with Crippen LogP contribution in [0.4, 0.5) is 0 Å². The molecule has 7 nitrogen and oxygen atoms in total. The van der Waals surface area contributed by atoms with Crippen LogP contribution in [0.1, 0.15) is 65.4 Å². The number of allylic oxidation sites excluding steroid dienone is 1. The maximum absolute atomic E-state index is 9.14. The van der Waals surface area contributed by atoms with Gasteiger partial charge in [0.25, 0.3) is 0 Å². The summed E-state index contributed by atoms with van der Waals surface area (Å²) in [5, 5.41) is 22.1. The lowest BCUT2D eigenvalue weighted by Crippen LogP contribution is -2.58. The summed E-state index contributed by atoms with van der Waals surface area (Å²) in [6.45, 7) is 15.5. The number of piperazine rings is 1. The Balaban J connectivity index is 1.36. The molecule has 2 aliphatic rings. The average Bonchev–Trinajstić information content (AvgIpc) is 3.40. The number of nitrogens with zero attached hydrogens (tertiary/aromatic N) is 6. The minimum Gasteiger partial charge on any atom is -0.303 e. The van der Waals surface area contributed by atoms with E-state index in [-0.39, 0.29) is 11.6 Å². The number of pyridine rings is 1. The molecule has 0 radical (unpaired) electrons. The molecular weight excluding hydrogens is 422 g/mol. The number of hydrogen-bond acceptors (Lipinski definition) is 6. The van der Waals surface area contributed by atoms with Crippen molar-refractivity contribution in [2.24, 2.45) is 0 Å². The lowest BCUT2D eigenvalue weighted by Gasteiger charge is -2.44. The van der Waals surface area contributed by atoms with E-state index in [1.165, 1.54) is 27.8 Å². The quantitative estimate of drug-likeness (QED) is 0.642. The maximum atomic E-state index is 9.14. The highest BCUT2D eigenvalue weighted by Gasteiger charge is 2.34. The first-order valence-corrected chi connectivity index (χ1v) is 11.8. The molecule has 0 bridgehead atoms. The van der Waals surface area contributed by atoms with E-state index >= 15 is 0 Å². The van der Waals surface area contributed by atoms with Gasteiger partial charge in [-0.1, -0.05) is 18.7 Å². The second-order valence-electron chi connectivity index (χ2n) is 10.3. The number of nitrogens with one attached hydrogen (secondary N) is 1. The maximum Gasteiger partial charge on any atom is 0.174 e. The molecule has 5 rings (SSSR count). The Hall–Kier alpha value is -3.34. The summed E-state index contributed by atoms with van der Waals surface area (Å²) in [4.78, 5) is 8.35. The second kappa shape index (κ2) is 8.46. The van der Waals surface area contributed by atoms with Gasteiger partial charge >= 0.3 is 0 Å². The Kier molecular flexibility index (Phi) is 5.59. The van der Waals surface area contributed by atoms with Gasteiger partial charge < -0.3 is 5.32 Å². The molecule has 174 valence electrons. The number of nitriles is 1. The van der Waals surface area contributed by atoms with Crippen LogP contribution in [0.3, 0.4) is 0 Å². The zero-order chi connectivity index (χ0) is 24.0. The molecule has 1 unspecified atom stereocenters. The summed E-state index contributed by atoms with van der Waals surface area (Å²) in [6, 6.07) is 8.80. The predicted molar refractivity (Wildman–Crippen MR) is 132 cm³/mol. The van der Waals surface area contributed by atoms with Crippen LogP contribution >= 0.6 is 0 Å². The van der Waals surface area contributed by atoms with Crippen molar-refractivity contribution in [3.63, 3.8) is 0 Å². The van der Waals surface area contributed by atoms with Gasteiger partial charge in [-0.15, -0.1) is 4.80 Å². The van der Waals surface area contributed by atoms with Gasteiger partial charge in [0.1, 0.15) is 6.07 Å². The average molecular weight is 454 g/mol. The molecule has 1 fully saturated rings. The zero-order valence-electron chi connectivity index (χ0n) is 20.4. The number of benzene rings is 1. The van der Waals surface area contributed by atoms with Crippen molar-refractivity contribution in [3.8, 4) is 11.9 Å². The fourth-order valence-corrected chi connectivity index (χ4v) is 5.43. The zero-order valence-corrected chi connectivity index (χ0v) is 20.4. The summed E-state index contributed by atoms with van der Waals surface area (Å²) in [5.74, 6) is 0.622. The van der Waals surface area contributed by atoms with Crippen LogP contribution in [-0.2, 0) is 13.0 Å². The number of aryl methyl sites for hydroxylation is 1. The van der Waals surface area contributed by atoms with Crippen LogP contribution in [-0.4, -0.2) is 43.5 Å². The molecule has 3 heterocycles. The van der Waals surface area contributed by atoms with Crippen LogP contribution in [0.15, 0.2) is 37.2 Å². The van der Waals surface area contributed by atoms with Crippen molar-refractivity contribution in [1.29, 1.82) is 5.26 Å². The van der Waals surface area contributed by atoms with Crippen LogP contribution in [0.25, 0.3) is 11.4 Å². The summed E-state index contributed by atoms with van der Waals surface area (Å²) in [5.41, 5.74) is 9.17. The molecule has 0 saturated carbocycles. The third kappa shape index (κ3) is 4.15. The summed E-state index contributed by atoms with van der Waals surface area (Å²) >= 11 is 0. The van der Waals surface area contributed by atoms with Crippen molar-refractivity contribution in [2.75, 3.05) is 13.1 Å². The van der Waals surface area contributed by atoms with Crippen LogP contribution in [0, 0.1) is 25.2 Å². The normalized spacial score (nSPS) is 19.7. The summed E-state index contributed by atoms with van der Waals surface area (Å²) in [6.07, 6.45) is 5.55. The van der Waals surface area contributed by atoms with E-state index in [0.29, 0.717) is 11.4 Å². The van der Waals surface area contributed by atoms with Crippen LogP contribution in [0.5, 0.6) is 0 Å². The first kappa shape index (κ1) is 22.5. The van der Waals surface area contributed by atoms with E-state index < -0.39 is 0 Å². The third-order valence-electron chi connectivity index (χ3n) is 7.04. The molecular formula is C27H31N7. The first-order valence-electron chi connectivity index (χ1n) is 11.8. The highest BCUT2D eigenvalue weighted by atomic mass is 15.5. The molecule has 34 heavy (non-hydrogen) atoms. The molecule has 1 N–H and O–H groups in total. The lowest BCUT2D eigenvalue weighted by molar-refractivity contribution is 0.110. The van der Waals surface area contributed by atoms with Gasteiger partial charge in [0.05, 0.1) is 17.5 Å². The molecule has 1 saturated heterocycles. The topological polar surface area (TPSA) is 82.7 Å². The third-order valence-corrected chi connectivity index (χ3v) is 7.04. The Morgan fingerprint density at radius 3 is 2.82 bits per heavy atom. The van der Waals surface area contributed by atoms with Gasteiger partial charge in [-0.2, -0.15) is 15.5 Å². The Bertz CT molecular complexity index is 1310. The van der Waals surface area contributed by atoms with Gasteiger partial charge in [0.15, 0.2) is 5.82 Å². The number of hydrogen-bond donors (Lipinski definition) is 1. The highest BCUT2D eigenvalue weighted by molar-refractivity contribution is 5.72. The number of fused-ring (bicyclic) bond motifs is 1. The predicted octanol–water partition coefficient (Wildman–Crippen LogP) is 4.04. The molecule has 3 aromatic rings. The van der Waals surface area contributed by atoms with Crippen LogP contribution < -0.4 is 5.32 Å². The first-order chi connectivity index (χ1) is 16.2. The molecule has 2 aromatic heterocycles. The Morgan fingerprint density at radius 2 is 2.06 bits per heavy atom. The second-order valence-corrected chi connectivity index (χ2v) is 10.3. The number of aromatic nitrogens is 4. The van der Waals surface area contributed by atoms with E-state index in [2.05, 4.69) is 71.0 Å². The molecule has 1 aromatic carbocycles. The molecule has 0 amide bonds. The molecule has 1 aliphatic heterocycles. The Morgan fingerprint density at radius 1 is 1.24 bits per heavy atom. The van der Waals surface area contributed by atoms with Crippen molar-refractivity contribution in [3.05, 3.63) is 76.2 Å². The smallest absolute Gasteiger partial charge is 0.174 e. The highest BCUT2D eigenvalue weighted by Crippen LogP contribution is 2.37. The minimum atomic E-state index is -0.0280. The van der Waals surface area contributed by atoms with Gasteiger partial charge in [0.2, 0.25) is 0 Å². The fraction of sp³-hybridized carbons (Fsp3) is 0.407. The molecule has 1 aliphatic carbocycles. The van der Waals surface area contributed by atoms with E-state index in [0.717, 1.165) is 43.7 Å². The summed E-state index contributed by atoms with van der Waals surface area (Å²) in [7, 11) is 0. The van der Waals surface area contributed by atoms with E-state index in [9.17, 15) is 0 Å². The van der Waals surface area contributed by atoms with E-state index in [4.69, 9.17) is 5.26 Å². The molecule has 7 heteroatoms. The monoisotopic (exact) mass is 453 g/mol. The van der Waals surface area contributed by atoms with Gasteiger partial charge in [-0.3, -0.25) is 4.90 Å².